The van der Waals surface area contributed by atoms with Crippen molar-refractivity contribution in [3.8, 4) is 23.0 Å². The van der Waals surface area contributed by atoms with Crippen LogP contribution in [0, 0.1) is 0 Å². The first-order valence-electron chi connectivity index (χ1n) is 8.16. The number of hydrogen-bond acceptors (Lipinski definition) is 6. The van der Waals surface area contributed by atoms with Crippen LogP contribution in [0.3, 0.4) is 0 Å². The average Bonchev–Trinajstić information content (AvgIpc) is 3.15. The highest BCUT2D eigenvalue weighted by atomic mass is 16.5. The molecule has 0 saturated heterocycles. The maximum atomic E-state index is 5.42. The van der Waals surface area contributed by atoms with Crippen molar-refractivity contribution in [2.75, 3.05) is 14.2 Å². The summed E-state index contributed by atoms with van der Waals surface area (Å²) in [5.74, 6) is 2.27. The number of methoxy groups -OCH3 is 2. The Morgan fingerprint density at radius 3 is 2.50 bits per heavy atom. The zero-order valence-corrected chi connectivity index (χ0v) is 14.5. The second-order valence-corrected chi connectivity index (χ2v) is 5.77. The van der Waals surface area contributed by atoms with Gasteiger partial charge in [-0.1, -0.05) is 35.5 Å². The highest BCUT2D eigenvalue weighted by Gasteiger charge is 2.16. The fourth-order valence-electron chi connectivity index (χ4n) is 2.77. The Bertz CT molecular complexity index is 1040. The van der Waals surface area contributed by atoms with Crippen molar-refractivity contribution in [2.45, 2.75) is 6.42 Å². The minimum absolute atomic E-state index is 0.462. The Labute approximate surface area is 150 Å². The van der Waals surface area contributed by atoms with Crippen LogP contribution in [-0.2, 0) is 6.42 Å². The van der Waals surface area contributed by atoms with Gasteiger partial charge in [-0.2, -0.15) is 4.98 Å². The van der Waals surface area contributed by atoms with E-state index in [4.69, 9.17) is 14.0 Å². The predicted octanol–water partition coefficient (Wildman–Crippen LogP) is 3.89. The molecule has 0 N–H and O–H groups in total. The van der Waals surface area contributed by atoms with Crippen molar-refractivity contribution in [1.29, 1.82) is 0 Å². The lowest BCUT2D eigenvalue weighted by Gasteiger charge is -2.06. The second kappa shape index (κ2) is 6.84. The molecular formula is C20H17N3O3. The minimum Gasteiger partial charge on any atom is -0.497 e. The summed E-state index contributed by atoms with van der Waals surface area (Å²) in [6.45, 7) is 0. The molecule has 2 heterocycles. The van der Waals surface area contributed by atoms with Crippen molar-refractivity contribution < 1.29 is 14.0 Å². The van der Waals surface area contributed by atoms with Gasteiger partial charge in [0.25, 0.3) is 0 Å². The lowest BCUT2D eigenvalue weighted by molar-refractivity contribution is 0.383. The molecule has 130 valence electrons. The van der Waals surface area contributed by atoms with E-state index in [1.807, 2.05) is 54.6 Å². The fraction of sp³-hybridized carbons (Fsp3) is 0.150. The van der Waals surface area contributed by atoms with Crippen molar-refractivity contribution in [3.63, 3.8) is 0 Å². The van der Waals surface area contributed by atoms with Gasteiger partial charge in [-0.3, -0.25) is 0 Å². The van der Waals surface area contributed by atoms with E-state index in [9.17, 15) is 0 Å². The first-order valence-corrected chi connectivity index (χ1v) is 8.16. The van der Waals surface area contributed by atoms with Gasteiger partial charge in [0, 0.05) is 5.39 Å². The zero-order valence-electron chi connectivity index (χ0n) is 14.5. The summed E-state index contributed by atoms with van der Waals surface area (Å²) in [5.41, 5.74) is 2.62. The molecule has 0 saturated carbocycles. The Kier molecular flexibility index (Phi) is 4.23. The summed E-state index contributed by atoms with van der Waals surface area (Å²) in [5, 5.41) is 5.09. The average molecular weight is 347 g/mol. The molecule has 4 rings (SSSR count). The van der Waals surface area contributed by atoms with Gasteiger partial charge in [-0.05, 0) is 29.8 Å². The summed E-state index contributed by atoms with van der Waals surface area (Å²) < 4.78 is 16.0. The molecule has 2 aromatic heterocycles. The van der Waals surface area contributed by atoms with Crippen molar-refractivity contribution in [2.24, 2.45) is 0 Å². The summed E-state index contributed by atoms with van der Waals surface area (Å²) in [6, 6.07) is 17.6. The molecule has 2 aromatic carbocycles. The maximum absolute atomic E-state index is 5.42. The predicted molar refractivity (Wildman–Crippen MR) is 97.4 cm³/mol. The normalized spacial score (nSPS) is 10.8. The molecule has 0 atom stereocenters. The van der Waals surface area contributed by atoms with Crippen LogP contribution in [0.15, 0.2) is 59.1 Å². The maximum Gasteiger partial charge on any atom is 0.231 e. The van der Waals surface area contributed by atoms with Gasteiger partial charge in [0.05, 0.1) is 31.7 Å². The van der Waals surface area contributed by atoms with Gasteiger partial charge in [-0.25, -0.2) is 4.98 Å². The van der Waals surface area contributed by atoms with Gasteiger partial charge < -0.3 is 14.0 Å². The Morgan fingerprint density at radius 2 is 1.73 bits per heavy atom. The Balaban J connectivity index is 1.65. The molecular weight excluding hydrogens is 330 g/mol. The largest absolute Gasteiger partial charge is 0.497 e. The molecule has 0 amide bonds. The summed E-state index contributed by atoms with van der Waals surface area (Å²) >= 11 is 0. The van der Waals surface area contributed by atoms with Crippen LogP contribution in [0.1, 0.15) is 11.5 Å². The van der Waals surface area contributed by atoms with E-state index < -0.39 is 0 Å². The smallest absolute Gasteiger partial charge is 0.231 e. The van der Waals surface area contributed by atoms with E-state index in [1.165, 1.54) is 0 Å². The van der Waals surface area contributed by atoms with Crippen LogP contribution >= 0.6 is 0 Å². The van der Waals surface area contributed by atoms with Crippen molar-refractivity contribution in [3.05, 3.63) is 66.1 Å². The molecule has 26 heavy (non-hydrogen) atoms. The van der Waals surface area contributed by atoms with E-state index in [1.54, 1.807) is 14.2 Å². The van der Waals surface area contributed by atoms with Crippen LogP contribution in [0.4, 0.5) is 0 Å². The molecule has 0 aliphatic rings. The number of benzene rings is 2. The van der Waals surface area contributed by atoms with E-state index in [0.29, 0.717) is 29.6 Å². The van der Waals surface area contributed by atoms with Crippen LogP contribution in [0.25, 0.3) is 22.3 Å². The first-order chi connectivity index (χ1) is 12.8. The molecule has 0 bridgehead atoms. The third-order valence-corrected chi connectivity index (χ3v) is 4.11. The van der Waals surface area contributed by atoms with E-state index in [0.717, 1.165) is 22.2 Å². The van der Waals surface area contributed by atoms with Crippen LogP contribution < -0.4 is 9.47 Å². The molecule has 0 radical (unpaired) electrons. The standard InChI is InChI=1S/C20H17N3O3/c1-24-15-9-7-13(8-10-15)11-18-22-19(23-26-18)16-12-14-5-3-4-6-17(14)21-20(16)25-2/h3-10,12H,11H2,1-2H3. The number of para-hydroxylation sites is 1. The molecule has 0 aliphatic heterocycles. The van der Waals surface area contributed by atoms with Gasteiger partial charge >= 0.3 is 0 Å². The lowest BCUT2D eigenvalue weighted by Crippen LogP contribution is -1.94. The van der Waals surface area contributed by atoms with Gasteiger partial charge in [-0.15, -0.1) is 0 Å². The minimum atomic E-state index is 0.462. The monoisotopic (exact) mass is 347 g/mol. The SMILES string of the molecule is COc1ccc(Cc2nc(-c3cc4ccccc4nc3OC)no2)cc1. The van der Waals surface area contributed by atoms with E-state index in [2.05, 4.69) is 15.1 Å². The number of hydrogen-bond donors (Lipinski definition) is 0. The third-order valence-electron chi connectivity index (χ3n) is 4.11. The molecule has 0 fully saturated rings. The van der Waals surface area contributed by atoms with E-state index in [-0.39, 0.29) is 0 Å². The fourth-order valence-corrected chi connectivity index (χ4v) is 2.77. The lowest BCUT2D eigenvalue weighted by atomic mass is 10.1. The molecule has 6 heteroatoms. The Morgan fingerprint density at radius 1 is 0.923 bits per heavy atom. The number of aromatic nitrogens is 3. The quantitative estimate of drug-likeness (QED) is 0.545. The van der Waals surface area contributed by atoms with Gasteiger partial charge in [0.1, 0.15) is 5.75 Å². The molecule has 0 spiro atoms. The van der Waals surface area contributed by atoms with Crippen LogP contribution in [-0.4, -0.2) is 29.3 Å². The number of fused-ring (bicyclic) bond motifs is 1. The second-order valence-electron chi connectivity index (χ2n) is 5.77. The molecule has 0 unspecified atom stereocenters. The molecule has 4 aromatic rings. The van der Waals surface area contributed by atoms with Crippen molar-refractivity contribution in [1.82, 2.24) is 15.1 Å². The van der Waals surface area contributed by atoms with Gasteiger partial charge in [0.15, 0.2) is 0 Å². The summed E-state index contributed by atoms with van der Waals surface area (Å²) in [6.07, 6.45) is 0.542. The highest BCUT2D eigenvalue weighted by Crippen LogP contribution is 2.30. The summed E-state index contributed by atoms with van der Waals surface area (Å²) in [7, 11) is 3.23. The van der Waals surface area contributed by atoms with E-state index >= 15 is 0 Å². The highest BCUT2D eigenvalue weighted by molar-refractivity contribution is 5.84. The number of nitrogens with zero attached hydrogens (tertiary/aromatic N) is 3. The molecule has 0 aliphatic carbocycles. The number of ether oxygens (including phenoxy) is 2. The number of rotatable bonds is 5. The van der Waals surface area contributed by atoms with Crippen molar-refractivity contribution >= 4 is 10.9 Å². The zero-order chi connectivity index (χ0) is 17.9. The summed E-state index contributed by atoms with van der Waals surface area (Å²) in [4.78, 5) is 9.03. The topological polar surface area (TPSA) is 70.3 Å². The Hall–Kier alpha value is -3.41. The molecule has 6 nitrogen and oxygen atoms in total. The van der Waals surface area contributed by atoms with Crippen LogP contribution in [0.2, 0.25) is 0 Å². The van der Waals surface area contributed by atoms with Crippen LogP contribution in [0.5, 0.6) is 11.6 Å². The first kappa shape index (κ1) is 16.1. The van der Waals surface area contributed by atoms with Gasteiger partial charge in [0.2, 0.25) is 17.6 Å². The third kappa shape index (κ3) is 3.09. The number of pyridine rings is 1.